The number of imide groups is 1. The van der Waals surface area contributed by atoms with E-state index in [0.717, 1.165) is 25.7 Å². The average Bonchev–Trinajstić information content (AvgIpc) is 2.80. The fourth-order valence-electron chi connectivity index (χ4n) is 2.62. The zero-order valence-electron chi connectivity index (χ0n) is 13.6. The number of hydrogen-bond donors (Lipinski definition) is 2. The minimum atomic E-state index is -0.290. The number of fused-ring (bicyclic) bond motifs is 1. The summed E-state index contributed by atoms with van der Waals surface area (Å²) >= 11 is 0. The predicted octanol–water partition coefficient (Wildman–Crippen LogP) is 1.73. The van der Waals surface area contributed by atoms with Gasteiger partial charge in [0.1, 0.15) is 0 Å². The van der Waals surface area contributed by atoms with E-state index >= 15 is 0 Å². The number of carbonyl (C=O) groups is 3. The standard InChI is InChI=1S/C17H23N3O3.ClH/c18-10-6-2-1-3-9-15(21)19-11-12-20-16(22)13-7-4-5-8-14(13)17(20)23;/h4-5,7-8H,1-3,6,9-12,18H2,(H,19,21);1H. The van der Waals surface area contributed by atoms with Crippen LogP contribution in [0.3, 0.4) is 0 Å². The molecule has 0 radical (unpaired) electrons. The van der Waals surface area contributed by atoms with Gasteiger partial charge in [-0.05, 0) is 31.5 Å². The number of nitrogens with two attached hydrogens (primary N) is 1. The molecule has 0 unspecified atom stereocenters. The number of benzene rings is 1. The minimum Gasteiger partial charge on any atom is -0.354 e. The first kappa shape index (κ1) is 20.1. The van der Waals surface area contributed by atoms with E-state index in [-0.39, 0.29) is 43.2 Å². The molecule has 1 aliphatic rings. The number of halogens is 1. The second-order valence-corrected chi connectivity index (χ2v) is 5.61. The maximum Gasteiger partial charge on any atom is 0.261 e. The van der Waals surface area contributed by atoms with Crippen molar-refractivity contribution >= 4 is 30.1 Å². The lowest BCUT2D eigenvalue weighted by Crippen LogP contribution is -2.38. The molecule has 0 spiro atoms. The second-order valence-electron chi connectivity index (χ2n) is 5.61. The van der Waals surface area contributed by atoms with E-state index in [2.05, 4.69) is 5.32 Å². The minimum absolute atomic E-state index is 0. The van der Waals surface area contributed by atoms with E-state index in [1.807, 2.05) is 0 Å². The molecule has 0 aliphatic carbocycles. The van der Waals surface area contributed by atoms with Crippen molar-refractivity contribution in [2.75, 3.05) is 19.6 Å². The summed E-state index contributed by atoms with van der Waals surface area (Å²) < 4.78 is 0. The van der Waals surface area contributed by atoms with E-state index in [4.69, 9.17) is 5.73 Å². The molecule has 3 N–H and O–H groups in total. The molecule has 24 heavy (non-hydrogen) atoms. The summed E-state index contributed by atoms with van der Waals surface area (Å²) in [7, 11) is 0. The summed E-state index contributed by atoms with van der Waals surface area (Å²) in [5, 5.41) is 2.76. The molecule has 7 heteroatoms. The van der Waals surface area contributed by atoms with Gasteiger partial charge in [-0.1, -0.05) is 25.0 Å². The molecule has 0 saturated heterocycles. The first-order valence-electron chi connectivity index (χ1n) is 8.07. The summed E-state index contributed by atoms with van der Waals surface area (Å²) in [6, 6.07) is 6.77. The van der Waals surface area contributed by atoms with E-state index in [1.165, 1.54) is 4.90 Å². The third kappa shape index (κ3) is 5.04. The molecule has 0 saturated carbocycles. The van der Waals surface area contributed by atoms with Crippen LogP contribution >= 0.6 is 12.4 Å². The van der Waals surface area contributed by atoms with Crippen LogP contribution in [0.2, 0.25) is 0 Å². The van der Waals surface area contributed by atoms with Crippen LogP contribution in [0.15, 0.2) is 24.3 Å². The van der Waals surface area contributed by atoms with Crippen LogP contribution in [-0.4, -0.2) is 42.3 Å². The van der Waals surface area contributed by atoms with Crippen molar-refractivity contribution in [1.29, 1.82) is 0 Å². The van der Waals surface area contributed by atoms with Crippen molar-refractivity contribution in [3.05, 3.63) is 35.4 Å². The summed E-state index contributed by atoms with van der Waals surface area (Å²) in [5.41, 5.74) is 6.28. The normalized spacial score (nSPS) is 12.8. The summed E-state index contributed by atoms with van der Waals surface area (Å²) in [4.78, 5) is 37.2. The van der Waals surface area contributed by atoms with Crippen LogP contribution in [0.5, 0.6) is 0 Å². The Morgan fingerprint density at radius 2 is 1.58 bits per heavy atom. The number of rotatable bonds is 9. The second kappa shape index (κ2) is 10.1. The average molecular weight is 354 g/mol. The molecule has 0 atom stereocenters. The topological polar surface area (TPSA) is 92.5 Å². The van der Waals surface area contributed by atoms with Crippen molar-refractivity contribution in [2.24, 2.45) is 5.73 Å². The first-order chi connectivity index (χ1) is 11.1. The largest absolute Gasteiger partial charge is 0.354 e. The lowest BCUT2D eigenvalue weighted by atomic mass is 10.1. The maximum atomic E-state index is 12.1. The third-order valence-electron chi connectivity index (χ3n) is 3.89. The Kier molecular flexibility index (Phi) is 8.43. The van der Waals surface area contributed by atoms with Crippen LogP contribution in [0.1, 0.15) is 52.8 Å². The molecule has 3 amide bonds. The van der Waals surface area contributed by atoms with Crippen LogP contribution in [0.25, 0.3) is 0 Å². The highest BCUT2D eigenvalue weighted by molar-refractivity contribution is 6.21. The Morgan fingerprint density at radius 3 is 2.17 bits per heavy atom. The predicted molar refractivity (Wildman–Crippen MR) is 94.2 cm³/mol. The highest BCUT2D eigenvalue weighted by Gasteiger charge is 2.34. The van der Waals surface area contributed by atoms with Crippen LogP contribution in [0, 0.1) is 0 Å². The highest BCUT2D eigenvalue weighted by atomic mass is 35.5. The molecule has 1 aromatic carbocycles. The molecular weight excluding hydrogens is 330 g/mol. The highest BCUT2D eigenvalue weighted by Crippen LogP contribution is 2.21. The summed E-state index contributed by atoms with van der Waals surface area (Å²) in [6.45, 7) is 1.17. The smallest absolute Gasteiger partial charge is 0.261 e. The van der Waals surface area contributed by atoms with Crippen molar-refractivity contribution < 1.29 is 14.4 Å². The number of hydrogen-bond acceptors (Lipinski definition) is 4. The molecular formula is C17H24ClN3O3. The molecule has 0 fully saturated rings. The zero-order valence-corrected chi connectivity index (χ0v) is 14.4. The van der Waals surface area contributed by atoms with Gasteiger partial charge < -0.3 is 11.1 Å². The van der Waals surface area contributed by atoms with Crippen molar-refractivity contribution in [3.8, 4) is 0 Å². The van der Waals surface area contributed by atoms with Gasteiger partial charge >= 0.3 is 0 Å². The SMILES string of the molecule is Cl.NCCCCCCC(=O)NCCN1C(=O)c2ccccc2C1=O. The van der Waals surface area contributed by atoms with Crippen LogP contribution in [0.4, 0.5) is 0 Å². The van der Waals surface area contributed by atoms with Gasteiger partial charge in [0.25, 0.3) is 11.8 Å². The lowest BCUT2D eigenvalue weighted by Gasteiger charge is -2.14. The number of carbonyl (C=O) groups excluding carboxylic acids is 3. The number of nitrogens with one attached hydrogen (secondary N) is 1. The van der Waals surface area contributed by atoms with Gasteiger partial charge in [0, 0.05) is 19.5 Å². The van der Waals surface area contributed by atoms with Crippen LogP contribution in [-0.2, 0) is 4.79 Å². The lowest BCUT2D eigenvalue weighted by molar-refractivity contribution is -0.121. The molecule has 2 rings (SSSR count). The van der Waals surface area contributed by atoms with Gasteiger partial charge in [-0.25, -0.2) is 0 Å². The van der Waals surface area contributed by atoms with Crippen molar-refractivity contribution in [1.82, 2.24) is 10.2 Å². The quantitative estimate of drug-likeness (QED) is 0.522. The molecule has 0 aromatic heterocycles. The van der Waals surface area contributed by atoms with Gasteiger partial charge in [-0.15, -0.1) is 12.4 Å². The Labute approximate surface area is 148 Å². The van der Waals surface area contributed by atoms with Gasteiger partial charge in [0.15, 0.2) is 0 Å². The van der Waals surface area contributed by atoms with Gasteiger partial charge in [0.05, 0.1) is 11.1 Å². The first-order valence-corrected chi connectivity index (χ1v) is 8.07. The molecule has 0 bridgehead atoms. The van der Waals surface area contributed by atoms with E-state index < -0.39 is 0 Å². The maximum absolute atomic E-state index is 12.1. The van der Waals surface area contributed by atoms with Crippen molar-refractivity contribution in [3.63, 3.8) is 0 Å². The van der Waals surface area contributed by atoms with Gasteiger partial charge in [-0.3, -0.25) is 19.3 Å². The Balaban J connectivity index is 0.00000288. The summed E-state index contributed by atoms with van der Waals surface area (Å²) in [5.74, 6) is -0.627. The third-order valence-corrected chi connectivity index (χ3v) is 3.89. The molecule has 1 aromatic rings. The Hall–Kier alpha value is -1.92. The van der Waals surface area contributed by atoms with E-state index in [9.17, 15) is 14.4 Å². The van der Waals surface area contributed by atoms with Gasteiger partial charge in [0.2, 0.25) is 5.91 Å². The monoisotopic (exact) mass is 353 g/mol. The van der Waals surface area contributed by atoms with Gasteiger partial charge in [-0.2, -0.15) is 0 Å². The van der Waals surface area contributed by atoms with E-state index in [0.29, 0.717) is 24.1 Å². The van der Waals surface area contributed by atoms with Crippen LogP contribution < -0.4 is 11.1 Å². The molecule has 1 aliphatic heterocycles. The fourth-order valence-corrected chi connectivity index (χ4v) is 2.62. The number of nitrogens with zero attached hydrogens (tertiary/aromatic N) is 1. The fraction of sp³-hybridized carbons (Fsp3) is 0.471. The molecule has 132 valence electrons. The molecule has 1 heterocycles. The zero-order chi connectivity index (χ0) is 16.7. The summed E-state index contributed by atoms with van der Waals surface area (Å²) in [6.07, 6.45) is 4.31. The van der Waals surface area contributed by atoms with E-state index in [1.54, 1.807) is 24.3 Å². The number of unbranched alkanes of at least 4 members (excludes halogenated alkanes) is 3. The van der Waals surface area contributed by atoms with Crippen molar-refractivity contribution in [2.45, 2.75) is 32.1 Å². The number of amides is 3. The molecule has 6 nitrogen and oxygen atoms in total. The Bertz CT molecular complexity index is 557. The Morgan fingerprint density at radius 1 is 1.00 bits per heavy atom.